The molecule has 12 heteroatoms. The van der Waals surface area contributed by atoms with Gasteiger partial charge in [0.2, 0.25) is 0 Å². The zero-order valence-corrected chi connectivity index (χ0v) is 16.5. The summed E-state index contributed by atoms with van der Waals surface area (Å²) >= 11 is 0. The summed E-state index contributed by atoms with van der Waals surface area (Å²) in [7, 11) is 0. The monoisotopic (exact) mass is 394 g/mol. The van der Waals surface area contributed by atoms with Crippen LogP contribution in [-0.4, -0.2) is 56.4 Å². The van der Waals surface area contributed by atoms with Gasteiger partial charge in [-0.15, -0.1) is 0 Å². The van der Waals surface area contributed by atoms with Crippen molar-refractivity contribution in [3.63, 3.8) is 0 Å². The Morgan fingerprint density at radius 2 is 0.900 bits per heavy atom. The van der Waals surface area contributed by atoms with Gasteiger partial charge in [-0.05, 0) is 0 Å². The van der Waals surface area contributed by atoms with Crippen LogP contribution >= 0.6 is 0 Å². The molecule has 0 aliphatic heterocycles. The maximum Gasteiger partial charge on any atom is 0.321 e. The number of rotatable bonds is 6. The Hall–Kier alpha value is -0.953. The fourth-order valence-electron chi connectivity index (χ4n) is 0.551. The molecule has 0 aliphatic carbocycles. The van der Waals surface area contributed by atoms with Crippen LogP contribution in [0.15, 0.2) is 0 Å². The molecule has 0 radical (unpaired) electrons. The molecule has 0 aromatic heterocycles. The molecule has 0 amide bonds. The third-order valence-electron chi connectivity index (χ3n) is 1.42. The first-order chi connectivity index (χ1) is 8.07. The minimum Gasteiger partial charge on any atom is -0.481 e. The molecule has 0 rings (SSSR count). The molecule has 10 nitrogen and oxygen atoms in total. The zero-order chi connectivity index (χ0) is 14.9. The molecule has 20 heavy (non-hydrogen) atoms. The van der Waals surface area contributed by atoms with E-state index in [4.69, 9.17) is 31.9 Å². The summed E-state index contributed by atoms with van der Waals surface area (Å²) in [6.07, 6.45) is -1.06. The number of carboxylic acids is 4. The second-order valence-electron chi connectivity index (χ2n) is 3.09. The molecule has 0 spiro atoms. The molecule has 8 N–H and O–H groups in total. The third kappa shape index (κ3) is 19.4. The van der Waals surface area contributed by atoms with E-state index in [0.29, 0.717) is 0 Å². The number of carboxylic acid groups (broad SMARTS) is 4. The Balaban J connectivity index is -0.000000116. The van der Waals surface area contributed by atoms with Crippen LogP contribution in [0.1, 0.15) is 12.8 Å². The molecule has 0 aromatic rings. The van der Waals surface area contributed by atoms with Crippen molar-refractivity contribution in [3.8, 4) is 0 Å². The van der Waals surface area contributed by atoms with Crippen LogP contribution in [0, 0.1) is 0 Å². The van der Waals surface area contributed by atoms with Crippen molar-refractivity contribution in [1.82, 2.24) is 0 Å². The summed E-state index contributed by atoms with van der Waals surface area (Å²) in [6.45, 7) is 0. The van der Waals surface area contributed by atoms with Crippen LogP contribution in [0.5, 0.6) is 0 Å². The van der Waals surface area contributed by atoms with Crippen LogP contribution in [0.4, 0.5) is 0 Å². The number of carbonyl (C=O) groups is 4. The molecule has 0 unspecified atom stereocenters. The van der Waals surface area contributed by atoms with Crippen molar-refractivity contribution < 1.29 is 78.6 Å². The van der Waals surface area contributed by atoms with E-state index in [2.05, 4.69) is 0 Å². The quantitative estimate of drug-likeness (QED) is 0.266. The van der Waals surface area contributed by atoms with Gasteiger partial charge >= 0.3 is 23.9 Å². The van der Waals surface area contributed by atoms with Crippen molar-refractivity contribution in [2.45, 2.75) is 24.9 Å². The number of aliphatic carboxylic acids is 4. The molecule has 0 fully saturated rings. The average molecular weight is 397 g/mol. The topological polar surface area (TPSA) is 201 Å². The van der Waals surface area contributed by atoms with E-state index in [-0.39, 0.29) is 39.0 Å². The SMILES string of the molecule is N[C@@H](CC(=O)O)C(=O)O.N[C@@H](CC(=O)O)C(=O)O.[Zn].[Zn]. The minimum absolute atomic E-state index is 0. The van der Waals surface area contributed by atoms with Gasteiger partial charge in [0, 0.05) is 39.0 Å². The molecule has 0 heterocycles. The van der Waals surface area contributed by atoms with Crippen molar-refractivity contribution in [2.24, 2.45) is 11.5 Å². The van der Waals surface area contributed by atoms with Crippen molar-refractivity contribution >= 4 is 23.9 Å². The van der Waals surface area contributed by atoms with E-state index >= 15 is 0 Å². The number of hydrogen-bond donors (Lipinski definition) is 6. The van der Waals surface area contributed by atoms with Gasteiger partial charge in [0.1, 0.15) is 12.1 Å². The van der Waals surface area contributed by atoms with Gasteiger partial charge in [0.15, 0.2) is 0 Å². The molecule has 108 valence electrons. The Morgan fingerprint density at radius 1 is 0.700 bits per heavy atom. The van der Waals surface area contributed by atoms with Gasteiger partial charge in [-0.1, -0.05) is 0 Å². The summed E-state index contributed by atoms with van der Waals surface area (Å²) in [4.78, 5) is 39.2. The normalized spacial score (nSPS) is 11.3. The predicted molar refractivity (Wildman–Crippen MR) is 55.7 cm³/mol. The largest absolute Gasteiger partial charge is 0.481 e. The third-order valence-corrected chi connectivity index (χ3v) is 1.42. The Bertz CT molecular complexity index is 306. The first-order valence-corrected chi connectivity index (χ1v) is 4.48. The maximum absolute atomic E-state index is 9.85. The Kier molecular flexibility index (Phi) is 19.8. The van der Waals surface area contributed by atoms with Gasteiger partial charge in [-0.2, -0.15) is 0 Å². The van der Waals surface area contributed by atoms with Crippen LogP contribution < -0.4 is 11.5 Å². The minimum atomic E-state index is -1.29. The van der Waals surface area contributed by atoms with E-state index in [1.54, 1.807) is 0 Å². The number of nitrogens with two attached hydrogens (primary N) is 2. The molecule has 0 aromatic carbocycles. The summed E-state index contributed by atoms with van der Waals surface area (Å²) in [6, 6.07) is -2.58. The smallest absolute Gasteiger partial charge is 0.321 e. The first kappa shape index (κ1) is 27.4. The predicted octanol–water partition coefficient (Wildman–Crippen LogP) is -2.26. The zero-order valence-electron chi connectivity index (χ0n) is 10.6. The second-order valence-corrected chi connectivity index (χ2v) is 3.09. The van der Waals surface area contributed by atoms with Crippen LogP contribution in [-0.2, 0) is 58.1 Å². The van der Waals surface area contributed by atoms with Crippen molar-refractivity contribution in [1.29, 1.82) is 0 Å². The van der Waals surface area contributed by atoms with Crippen LogP contribution in [0.3, 0.4) is 0 Å². The van der Waals surface area contributed by atoms with E-state index < -0.39 is 48.8 Å². The van der Waals surface area contributed by atoms with Crippen molar-refractivity contribution in [3.05, 3.63) is 0 Å². The second kappa shape index (κ2) is 14.5. The summed E-state index contributed by atoms with van der Waals surface area (Å²) in [5, 5.41) is 32.1. The Labute approximate surface area is 139 Å². The summed E-state index contributed by atoms with van der Waals surface area (Å²) in [5.74, 6) is -5.00. The first-order valence-electron chi connectivity index (χ1n) is 4.48. The summed E-state index contributed by atoms with van der Waals surface area (Å²) in [5.41, 5.74) is 9.67. The molecule has 0 saturated heterocycles. The van der Waals surface area contributed by atoms with E-state index in [9.17, 15) is 19.2 Å². The van der Waals surface area contributed by atoms with E-state index in [0.717, 1.165) is 0 Å². The van der Waals surface area contributed by atoms with E-state index in [1.807, 2.05) is 0 Å². The van der Waals surface area contributed by atoms with Gasteiger partial charge in [-0.3, -0.25) is 19.2 Å². The fraction of sp³-hybridized carbons (Fsp3) is 0.500. The standard InChI is InChI=1S/2C4H7NO4.2Zn/c2*5-2(4(8)9)1-3(6)7;;/h2*2H,1,5H2,(H,6,7)(H,8,9);;/t2*2-;;/m00../s1. The molecule has 0 bridgehead atoms. The van der Waals surface area contributed by atoms with Crippen molar-refractivity contribution in [2.75, 3.05) is 0 Å². The van der Waals surface area contributed by atoms with Gasteiger partial charge in [0.05, 0.1) is 12.8 Å². The van der Waals surface area contributed by atoms with Crippen LogP contribution in [0.2, 0.25) is 0 Å². The molecule has 2 atom stereocenters. The Morgan fingerprint density at radius 3 is 0.950 bits per heavy atom. The summed E-state index contributed by atoms with van der Waals surface area (Å²) < 4.78 is 0. The van der Waals surface area contributed by atoms with E-state index in [1.165, 1.54) is 0 Å². The maximum atomic E-state index is 9.85. The molecular formula is C8H14N2O8Zn2. The fourth-order valence-corrected chi connectivity index (χ4v) is 0.551. The van der Waals surface area contributed by atoms with Gasteiger partial charge in [0.25, 0.3) is 0 Å². The number of hydrogen-bond acceptors (Lipinski definition) is 6. The van der Waals surface area contributed by atoms with Crippen LogP contribution in [0.25, 0.3) is 0 Å². The molecule has 0 saturated carbocycles. The van der Waals surface area contributed by atoms with Gasteiger partial charge < -0.3 is 31.9 Å². The molecular weight excluding hydrogens is 383 g/mol. The average Bonchev–Trinajstić information content (AvgIpc) is 2.16. The molecule has 0 aliphatic rings. The van der Waals surface area contributed by atoms with Gasteiger partial charge in [-0.25, -0.2) is 0 Å².